The Balaban J connectivity index is 1.32. The van der Waals surface area contributed by atoms with E-state index in [0.29, 0.717) is 46.3 Å². The fraction of sp³-hybridized carbons (Fsp3) is 0.583. The van der Waals surface area contributed by atoms with E-state index >= 15 is 0 Å². The van der Waals surface area contributed by atoms with Gasteiger partial charge in [0.15, 0.2) is 0 Å². The van der Waals surface area contributed by atoms with Crippen LogP contribution in [0.3, 0.4) is 0 Å². The van der Waals surface area contributed by atoms with Gasteiger partial charge in [-0.05, 0) is 109 Å². The monoisotopic (exact) mass is 614 g/mol. The van der Waals surface area contributed by atoms with E-state index in [1.165, 1.54) is 24.0 Å². The van der Waals surface area contributed by atoms with Crippen LogP contribution in [0.25, 0.3) is 0 Å². The zero-order valence-electron chi connectivity index (χ0n) is 26.0. The van der Waals surface area contributed by atoms with Crippen LogP contribution in [0.5, 0.6) is 0 Å². The lowest BCUT2D eigenvalue weighted by Gasteiger charge is -2.50. The first kappa shape index (κ1) is 31.9. The van der Waals surface area contributed by atoms with Gasteiger partial charge in [0.1, 0.15) is 0 Å². The summed E-state index contributed by atoms with van der Waals surface area (Å²) in [5.41, 5.74) is 5.01. The van der Waals surface area contributed by atoms with Crippen LogP contribution in [0.4, 0.5) is 18.9 Å². The topological polar surface area (TPSA) is 41.1 Å². The van der Waals surface area contributed by atoms with Gasteiger partial charge in [-0.3, -0.25) is 4.79 Å². The first-order chi connectivity index (χ1) is 20.1. The number of hydrogen-bond donors (Lipinski definition) is 2. The second-order valence-electron chi connectivity index (χ2n) is 14.6. The lowest BCUT2D eigenvalue weighted by Crippen LogP contribution is -2.43. The normalized spacial score (nSPS) is 29.6. The summed E-state index contributed by atoms with van der Waals surface area (Å²) in [5.74, 6) is 1.71. The second-order valence-corrected chi connectivity index (χ2v) is 15.0. The van der Waals surface area contributed by atoms with E-state index in [1.807, 2.05) is 6.07 Å². The van der Waals surface area contributed by atoms with Crippen LogP contribution in [-0.2, 0) is 10.2 Å². The highest BCUT2D eigenvalue weighted by Crippen LogP contribution is 2.63. The van der Waals surface area contributed by atoms with E-state index in [9.17, 15) is 18.0 Å². The molecule has 1 amide bonds. The molecule has 0 bridgehead atoms. The first-order valence-corrected chi connectivity index (χ1v) is 16.2. The molecule has 1 heterocycles. The molecule has 234 valence electrons. The Morgan fingerprint density at radius 2 is 1.88 bits per heavy atom. The van der Waals surface area contributed by atoms with Crippen molar-refractivity contribution in [1.29, 1.82) is 0 Å². The minimum absolute atomic E-state index is 0.0597. The second kappa shape index (κ2) is 11.8. The zero-order valence-corrected chi connectivity index (χ0v) is 26.7. The van der Waals surface area contributed by atoms with Crippen molar-refractivity contribution in [3.8, 4) is 0 Å². The number of hydrogen-bond acceptors (Lipinski definition) is 2. The van der Waals surface area contributed by atoms with Crippen molar-refractivity contribution in [3.63, 3.8) is 0 Å². The maximum atomic E-state index is 13.4. The molecule has 3 nitrogen and oxygen atoms in total. The predicted molar refractivity (Wildman–Crippen MR) is 170 cm³/mol. The van der Waals surface area contributed by atoms with Crippen molar-refractivity contribution in [2.45, 2.75) is 96.7 Å². The first-order valence-electron chi connectivity index (χ1n) is 15.8. The maximum Gasteiger partial charge on any atom is 0.391 e. The lowest BCUT2D eigenvalue weighted by molar-refractivity contribution is -0.139. The highest BCUT2D eigenvalue weighted by atomic mass is 35.5. The molecular formula is C36H46ClF3N2O. The fourth-order valence-electron chi connectivity index (χ4n) is 7.46. The van der Waals surface area contributed by atoms with E-state index in [0.717, 1.165) is 36.9 Å². The van der Waals surface area contributed by atoms with E-state index in [4.69, 9.17) is 11.6 Å². The van der Waals surface area contributed by atoms with E-state index in [1.54, 1.807) is 12.2 Å². The summed E-state index contributed by atoms with van der Waals surface area (Å²) in [7, 11) is 0. The zero-order chi connectivity index (χ0) is 31.3. The number of alkyl halides is 3. The Kier molecular flexibility index (Phi) is 8.76. The smallest absolute Gasteiger partial charge is 0.380 e. The summed E-state index contributed by atoms with van der Waals surface area (Å²) in [6.07, 6.45) is 5.21. The van der Waals surface area contributed by atoms with Crippen molar-refractivity contribution >= 4 is 23.2 Å². The highest BCUT2D eigenvalue weighted by Gasteiger charge is 2.54. The molecule has 0 saturated heterocycles. The van der Waals surface area contributed by atoms with Gasteiger partial charge in [0, 0.05) is 17.5 Å². The Morgan fingerprint density at radius 1 is 1.19 bits per heavy atom. The standard InChI is InChI=1S/C36H46ClF3N2O/c1-21(2)11-26-15-27(26)12-25-13-29(19-36(38,39)40)42-33(43)30(14-25)23(4)20-41-32-16-28(7-8-31(32)37)35(17-22(3)18-35)24(5)34(6)9-10-34/h7-8,13-14,16,21-22,26-27,29,41H,4-5,9-12,15,17-20H2,1-3,6H3,(H,42,43). The minimum Gasteiger partial charge on any atom is -0.380 e. The molecule has 43 heavy (non-hydrogen) atoms. The summed E-state index contributed by atoms with van der Waals surface area (Å²) in [5, 5.41) is 6.54. The van der Waals surface area contributed by atoms with E-state index in [2.05, 4.69) is 63.6 Å². The molecule has 1 aromatic rings. The average Bonchev–Trinajstić information content (AvgIpc) is 3.81. The van der Waals surface area contributed by atoms with E-state index < -0.39 is 24.5 Å². The third kappa shape index (κ3) is 7.27. The van der Waals surface area contributed by atoms with Gasteiger partial charge in [-0.1, -0.05) is 70.2 Å². The number of carbonyl (C=O) groups excluding carboxylic acids is 1. The number of nitrogens with one attached hydrogen (secondary N) is 2. The van der Waals surface area contributed by atoms with Crippen LogP contribution in [0.15, 0.2) is 65.8 Å². The summed E-state index contributed by atoms with van der Waals surface area (Å²) < 4.78 is 40.1. The van der Waals surface area contributed by atoms with Crippen LogP contribution in [0.2, 0.25) is 5.02 Å². The van der Waals surface area contributed by atoms with Crippen LogP contribution >= 0.6 is 11.6 Å². The molecular weight excluding hydrogens is 569 g/mol. The molecule has 1 aromatic carbocycles. The summed E-state index contributed by atoms with van der Waals surface area (Å²) in [6.45, 7) is 18.0. The van der Waals surface area contributed by atoms with Gasteiger partial charge in [-0.2, -0.15) is 13.2 Å². The van der Waals surface area contributed by atoms with Crippen molar-refractivity contribution in [2.24, 2.45) is 29.1 Å². The quantitative estimate of drug-likeness (QED) is 0.230. The molecule has 1 aliphatic heterocycles. The Hall–Kier alpha value is -2.47. The molecule has 7 heteroatoms. The molecule has 5 rings (SSSR count). The fourth-order valence-corrected chi connectivity index (χ4v) is 7.64. The maximum absolute atomic E-state index is 13.4. The molecule has 2 N–H and O–H groups in total. The molecule has 0 aromatic heterocycles. The van der Waals surface area contributed by atoms with Gasteiger partial charge in [-0.25, -0.2) is 0 Å². The molecule has 3 saturated carbocycles. The van der Waals surface area contributed by atoms with Gasteiger partial charge in [-0.15, -0.1) is 0 Å². The molecule has 3 atom stereocenters. The van der Waals surface area contributed by atoms with Crippen LogP contribution < -0.4 is 10.6 Å². The Bertz CT molecular complexity index is 1350. The molecule has 4 aliphatic rings. The summed E-state index contributed by atoms with van der Waals surface area (Å²) in [4.78, 5) is 13.2. The van der Waals surface area contributed by atoms with Crippen LogP contribution in [-0.4, -0.2) is 24.7 Å². The van der Waals surface area contributed by atoms with Crippen molar-refractivity contribution in [1.82, 2.24) is 5.32 Å². The number of rotatable bonds is 12. The number of benzene rings is 1. The Labute approximate surface area is 260 Å². The largest absolute Gasteiger partial charge is 0.391 e. The van der Waals surface area contributed by atoms with Gasteiger partial charge in [0.25, 0.3) is 5.91 Å². The lowest BCUT2D eigenvalue weighted by atomic mass is 9.53. The number of carbonyl (C=O) groups is 1. The SMILES string of the molecule is C=C(CNc1cc(C2(C(=C)C3(C)CC3)CC(C)C2)ccc1Cl)C1=CC(CC2CC2CC(C)C)=CC(CC(F)(F)F)NC1=O. The van der Waals surface area contributed by atoms with Gasteiger partial charge < -0.3 is 10.6 Å². The number of halogens is 4. The summed E-state index contributed by atoms with van der Waals surface area (Å²) in [6, 6.07) is 5.02. The highest BCUT2D eigenvalue weighted by molar-refractivity contribution is 6.33. The number of anilines is 1. The van der Waals surface area contributed by atoms with E-state index in [-0.39, 0.29) is 17.4 Å². The van der Waals surface area contributed by atoms with Gasteiger partial charge >= 0.3 is 6.18 Å². The number of amides is 1. The molecule has 3 fully saturated rings. The number of allylic oxidation sites excluding steroid dienone is 3. The van der Waals surface area contributed by atoms with Crippen LogP contribution in [0.1, 0.15) is 84.6 Å². The Morgan fingerprint density at radius 3 is 2.49 bits per heavy atom. The average molecular weight is 615 g/mol. The molecule has 0 radical (unpaired) electrons. The van der Waals surface area contributed by atoms with Crippen molar-refractivity contribution in [2.75, 3.05) is 11.9 Å². The molecule has 3 unspecified atom stereocenters. The van der Waals surface area contributed by atoms with Gasteiger partial charge in [0.05, 0.1) is 23.2 Å². The minimum atomic E-state index is -4.39. The van der Waals surface area contributed by atoms with Crippen molar-refractivity contribution in [3.05, 3.63) is 76.4 Å². The summed E-state index contributed by atoms with van der Waals surface area (Å²) >= 11 is 6.64. The third-order valence-corrected chi connectivity index (χ3v) is 10.5. The van der Waals surface area contributed by atoms with Gasteiger partial charge in [0.2, 0.25) is 0 Å². The van der Waals surface area contributed by atoms with Crippen LogP contribution in [0, 0.1) is 29.1 Å². The predicted octanol–water partition coefficient (Wildman–Crippen LogP) is 9.71. The van der Waals surface area contributed by atoms with Crippen molar-refractivity contribution < 1.29 is 18.0 Å². The third-order valence-electron chi connectivity index (χ3n) is 10.2. The molecule has 3 aliphatic carbocycles. The molecule has 0 spiro atoms.